The first-order chi connectivity index (χ1) is 9.13. The SMILES string of the molecule is COC(=O)C(CNC1CCCCCCC1)NC(C)=O. The van der Waals surface area contributed by atoms with Gasteiger partial charge >= 0.3 is 5.97 Å². The van der Waals surface area contributed by atoms with E-state index in [2.05, 4.69) is 10.6 Å². The molecule has 1 rings (SSSR count). The van der Waals surface area contributed by atoms with Crippen LogP contribution in [0.5, 0.6) is 0 Å². The number of carbonyl (C=O) groups excluding carboxylic acids is 2. The van der Waals surface area contributed by atoms with Gasteiger partial charge in [0.15, 0.2) is 0 Å². The van der Waals surface area contributed by atoms with Crippen molar-refractivity contribution in [3.8, 4) is 0 Å². The Hall–Kier alpha value is -1.10. The van der Waals surface area contributed by atoms with E-state index in [1.807, 2.05) is 0 Å². The normalized spacial score (nSPS) is 19.1. The number of nitrogens with one attached hydrogen (secondary N) is 2. The van der Waals surface area contributed by atoms with E-state index in [9.17, 15) is 9.59 Å². The van der Waals surface area contributed by atoms with E-state index in [0.29, 0.717) is 12.6 Å². The first-order valence-electron chi connectivity index (χ1n) is 7.21. The number of hydrogen-bond donors (Lipinski definition) is 2. The summed E-state index contributed by atoms with van der Waals surface area (Å²) >= 11 is 0. The van der Waals surface area contributed by atoms with Gasteiger partial charge in [0.25, 0.3) is 0 Å². The minimum absolute atomic E-state index is 0.213. The van der Waals surface area contributed by atoms with Crippen LogP contribution in [0.2, 0.25) is 0 Å². The summed E-state index contributed by atoms with van der Waals surface area (Å²) in [5.41, 5.74) is 0. The largest absolute Gasteiger partial charge is 0.467 e. The van der Waals surface area contributed by atoms with Gasteiger partial charge < -0.3 is 15.4 Å². The van der Waals surface area contributed by atoms with Crippen molar-refractivity contribution in [2.24, 2.45) is 0 Å². The van der Waals surface area contributed by atoms with Crippen LogP contribution in [-0.4, -0.2) is 37.6 Å². The fourth-order valence-corrected chi connectivity index (χ4v) is 2.53. The molecule has 1 saturated carbocycles. The summed E-state index contributed by atoms with van der Waals surface area (Å²) < 4.78 is 4.70. The number of hydrogen-bond acceptors (Lipinski definition) is 4. The van der Waals surface area contributed by atoms with Crippen molar-refractivity contribution in [1.29, 1.82) is 0 Å². The lowest BCUT2D eigenvalue weighted by Gasteiger charge is -2.23. The predicted molar refractivity (Wildman–Crippen MR) is 73.7 cm³/mol. The molecule has 110 valence electrons. The molecule has 0 spiro atoms. The van der Waals surface area contributed by atoms with Gasteiger partial charge in [0.1, 0.15) is 6.04 Å². The van der Waals surface area contributed by atoms with Crippen LogP contribution in [-0.2, 0) is 14.3 Å². The zero-order chi connectivity index (χ0) is 14.1. The quantitative estimate of drug-likeness (QED) is 0.740. The Morgan fingerprint density at radius 2 is 1.74 bits per heavy atom. The van der Waals surface area contributed by atoms with Gasteiger partial charge in [-0.3, -0.25) is 4.79 Å². The van der Waals surface area contributed by atoms with Crippen LogP contribution in [0.1, 0.15) is 51.9 Å². The smallest absolute Gasteiger partial charge is 0.329 e. The second kappa shape index (κ2) is 8.91. The molecule has 1 amide bonds. The summed E-state index contributed by atoms with van der Waals surface area (Å²) in [6.07, 6.45) is 8.70. The number of methoxy groups -OCH3 is 1. The average molecular weight is 270 g/mol. The average Bonchev–Trinajstić information content (AvgIpc) is 2.34. The van der Waals surface area contributed by atoms with Gasteiger partial charge in [-0.15, -0.1) is 0 Å². The van der Waals surface area contributed by atoms with Gasteiger partial charge in [0, 0.05) is 19.5 Å². The van der Waals surface area contributed by atoms with Crippen molar-refractivity contribution >= 4 is 11.9 Å². The van der Waals surface area contributed by atoms with E-state index in [1.54, 1.807) is 0 Å². The van der Waals surface area contributed by atoms with Gasteiger partial charge in [-0.2, -0.15) is 0 Å². The number of ether oxygens (including phenoxy) is 1. The molecule has 1 unspecified atom stereocenters. The summed E-state index contributed by atoms with van der Waals surface area (Å²) in [6, 6.07) is -0.144. The lowest BCUT2D eigenvalue weighted by atomic mass is 9.96. The predicted octanol–water partition coefficient (Wildman–Crippen LogP) is 1.37. The Morgan fingerprint density at radius 3 is 2.26 bits per heavy atom. The molecule has 0 bridgehead atoms. The molecule has 0 aromatic rings. The van der Waals surface area contributed by atoms with E-state index >= 15 is 0 Å². The van der Waals surface area contributed by atoms with Crippen LogP contribution in [0.15, 0.2) is 0 Å². The molecule has 0 aromatic carbocycles. The maximum absolute atomic E-state index is 11.6. The number of rotatable bonds is 5. The second-order valence-corrected chi connectivity index (χ2v) is 5.23. The third-order valence-electron chi connectivity index (χ3n) is 3.58. The van der Waals surface area contributed by atoms with Crippen molar-refractivity contribution in [1.82, 2.24) is 10.6 Å². The molecule has 1 aliphatic carbocycles. The van der Waals surface area contributed by atoms with E-state index < -0.39 is 12.0 Å². The van der Waals surface area contributed by atoms with Crippen molar-refractivity contribution in [2.75, 3.05) is 13.7 Å². The third kappa shape index (κ3) is 6.57. The molecular weight excluding hydrogens is 244 g/mol. The van der Waals surface area contributed by atoms with Crippen LogP contribution in [0.25, 0.3) is 0 Å². The highest BCUT2D eigenvalue weighted by atomic mass is 16.5. The summed E-state index contributed by atoms with van der Waals surface area (Å²) in [5, 5.41) is 6.02. The molecule has 1 fully saturated rings. The van der Waals surface area contributed by atoms with Gasteiger partial charge in [-0.1, -0.05) is 32.1 Å². The molecule has 2 N–H and O–H groups in total. The van der Waals surface area contributed by atoms with E-state index in [0.717, 1.165) is 12.8 Å². The zero-order valence-corrected chi connectivity index (χ0v) is 12.0. The maximum Gasteiger partial charge on any atom is 0.329 e. The Balaban J connectivity index is 2.40. The summed E-state index contributed by atoms with van der Waals surface area (Å²) in [4.78, 5) is 22.6. The Morgan fingerprint density at radius 1 is 1.16 bits per heavy atom. The summed E-state index contributed by atoms with van der Waals surface area (Å²) in [7, 11) is 1.34. The van der Waals surface area contributed by atoms with Gasteiger partial charge in [0.2, 0.25) is 5.91 Å². The molecule has 5 nitrogen and oxygen atoms in total. The molecule has 0 saturated heterocycles. The minimum Gasteiger partial charge on any atom is -0.467 e. The van der Waals surface area contributed by atoms with Crippen LogP contribution >= 0.6 is 0 Å². The molecule has 0 aromatic heterocycles. The summed E-state index contributed by atoms with van der Waals surface area (Å²) in [5.74, 6) is -0.608. The topological polar surface area (TPSA) is 67.4 Å². The third-order valence-corrected chi connectivity index (χ3v) is 3.58. The van der Waals surface area contributed by atoms with E-state index in [4.69, 9.17) is 4.74 Å². The van der Waals surface area contributed by atoms with Gasteiger partial charge in [-0.05, 0) is 12.8 Å². The standard InChI is InChI=1S/C14H26N2O3/c1-11(17)16-13(14(18)19-2)10-15-12-8-6-4-3-5-7-9-12/h12-13,15H,3-10H2,1-2H3,(H,16,17). The van der Waals surface area contributed by atoms with Crippen LogP contribution in [0, 0.1) is 0 Å². The fraction of sp³-hybridized carbons (Fsp3) is 0.857. The fourth-order valence-electron chi connectivity index (χ4n) is 2.53. The number of amides is 1. The lowest BCUT2D eigenvalue weighted by Crippen LogP contribution is -2.49. The highest BCUT2D eigenvalue weighted by molar-refractivity contribution is 5.83. The molecule has 0 aliphatic heterocycles. The first kappa shape index (κ1) is 16.0. The van der Waals surface area contributed by atoms with Crippen molar-refractivity contribution < 1.29 is 14.3 Å². The van der Waals surface area contributed by atoms with E-state index in [1.165, 1.54) is 46.1 Å². The van der Waals surface area contributed by atoms with Gasteiger partial charge in [-0.25, -0.2) is 4.79 Å². The zero-order valence-electron chi connectivity index (χ0n) is 12.0. The number of esters is 1. The Labute approximate surface area is 115 Å². The van der Waals surface area contributed by atoms with Crippen molar-refractivity contribution in [3.63, 3.8) is 0 Å². The molecule has 5 heteroatoms. The highest BCUT2D eigenvalue weighted by Gasteiger charge is 2.21. The molecule has 0 heterocycles. The molecule has 1 aliphatic rings. The van der Waals surface area contributed by atoms with E-state index in [-0.39, 0.29) is 5.91 Å². The summed E-state index contributed by atoms with van der Waals surface area (Å²) in [6.45, 7) is 1.85. The van der Waals surface area contributed by atoms with Crippen LogP contribution < -0.4 is 10.6 Å². The molecule has 19 heavy (non-hydrogen) atoms. The molecule has 1 atom stereocenters. The van der Waals surface area contributed by atoms with Gasteiger partial charge in [0.05, 0.1) is 7.11 Å². The molecule has 0 radical (unpaired) electrons. The van der Waals surface area contributed by atoms with Crippen molar-refractivity contribution in [3.05, 3.63) is 0 Å². The minimum atomic E-state index is -0.590. The van der Waals surface area contributed by atoms with Crippen LogP contribution in [0.4, 0.5) is 0 Å². The van der Waals surface area contributed by atoms with Crippen molar-refractivity contribution in [2.45, 2.75) is 64.0 Å². The highest BCUT2D eigenvalue weighted by Crippen LogP contribution is 2.16. The Kier molecular flexibility index (Phi) is 7.48. The molecular formula is C14H26N2O3. The first-order valence-corrected chi connectivity index (χ1v) is 7.21. The Bertz CT molecular complexity index is 286. The monoisotopic (exact) mass is 270 g/mol. The number of carbonyl (C=O) groups is 2. The lowest BCUT2D eigenvalue weighted by molar-refractivity contribution is -0.144. The second-order valence-electron chi connectivity index (χ2n) is 5.23. The van der Waals surface area contributed by atoms with Crippen LogP contribution in [0.3, 0.4) is 0 Å². The maximum atomic E-state index is 11.6.